The van der Waals surface area contributed by atoms with Crippen LogP contribution in [0.3, 0.4) is 0 Å². The van der Waals surface area contributed by atoms with Crippen molar-refractivity contribution in [1.82, 2.24) is 0 Å². The second kappa shape index (κ2) is 3.21. The lowest BCUT2D eigenvalue weighted by Crippen LogP contribution is -2.18. The summed E-state index contributed by atoms with van der Waals surface area (Å²) in [6, 6.07) is 7.67. The number of primary amides is 1. The molecule has 0 radical (unpaired) electrons. The van der Waals surface area contributed by atoms with E-state index in [0.717, 1.165) is 5.56 Å². The molecular formula is C11H13NO. The summed E-state index contributed by atoms with van der Waals surface area (Å²) in [5.41, 5.74) is 7.13. The van der Waals surface area contributed by atoms with Gasteiger partial charge in [0.2, 0.25) is 5.91 Å². The van der Waals surface area contributed by atoms with Crippen molar-refractivity contribution in [2.45, 2.75) is 25.2 Å². The Morgan fingerprint density at radius 1 is 1.31 bits per heavy atom. The van der Waals surface area contributed by atoms with Crippen LogP contribution in [0.4, 0.5) is 0 Å². The number of hydrogen-bond acceptors (Lipinski definition) is 1. The van der Waals surface area contributed by atoms with Crippen LogP contribution in [0, 0.1) is 0 Å². The van der Waals surface area contributed by atoms with Gasteiger partial charge in [-0.1, -0.05) is 24.6 Å². The Morgan fingerprint density at radius 2 is 2.00 bits per heavy atom. The van der Waals surface area contributed by atoms with Crippen LogP contribution in [0.25, 0.3) is 0 Å². The SMILES string of the molecule is NC(=O)c1ccccc1C1CCC1. The quantitative estimate of drug-likeness (QED) is 0.734. The highest BCUT2D eigenvalue weighted by Gasteiger charge is 2.22. The normalized spacial score (nSPS) is 16.6. The summed E-state index contributed by atoms with van der Waals surface area (Å²) in [4.78, 5) is 11.1. The molecule has 1 amide bonds. The lowest BCUT2D eigenvalue weighted by molar-refractivity contribution is 0.0998. The van der Waals surface area contributed by atoms with E-state index in [2.05, 4.69) is 0 Å². The van der Waals surface area contributed by atoms with Gasteiger partial charge in [0, 0.05) is 5.56 Å². The molecule has 2 heteroatoms. The predicted molar refractivity (Wildman–Crippen MR) is 51.6 cm³/mol. The summed E-state index contributed by atoms with van der Waals surface area (Å²) in [5.74, 6) is 0.270. The molecule has 0 unspecified atom stereocenters. The van der Waals surface area contributed by atoms with E-state index >= 15 is 0 Å². The zero-order valence-corrected chi connectivity index (χ0v) is 7.49. The van der Waals surface area contributed by atoms with Crippen LogP contribution in [0.2, 0.25) is 0 Å². The first-order chi connectivity index (χ1) is 6.29. The molecule has 1 fully saturated rings. The van der Waals surface area contributed by atoms with Crippen LogP contribution < -0.4 is 5.73 Å². The van der Waals surface area contributed by atoms with Gasteiger partial charge in [-0.15, -0.1) is 0 Å². The Hall–Kier alpha value is -1.31. The number of benzene rings is 1. The van der Waals surface area contributed by atoms with Crippen molar-refractivity contribution in [3.63, 3.8) is 0 Å². The third-order valence-electron chi connectivity index (χ3n) is 2.77. The molecule has 1 aliphatic rings. The predicted octanol–water partition coefficient (Wildman–Crippen LogP) is 2.05. The number of hydrogen-bond donors (Lipinski definition) is 1. The minimum Gasteiger partial charge on any atom is -0.366 e. The van der Waals surface area contributed by atoms with E-state index in [9.17, 15) is 4.79 Å². The molecule has 0 aliphatic heterocycles. The maximum atomic E-state index is 11.1. The maximum Gasteiger partial charge on any atom is 0.248 e. The number of rotatable bonds is 2. The second-order valence-electron chi connectivity index (χ2n) is 3.58. The molecule has 2 rings (SSSR count). The average molecular weight is 175 g/mol. The molecule has 13 heavy (non-hydrogen) atoms. The first-order valence-corrected chi connectivity index (χ1v) is 4.68. The molecule has 1 aromatic rings. The standard InChI is InChI=1S/C11H13NO/c12-11(13)10-7-2-1-6-9(10)8-4-3-5-8/h1-2,6-8H,3-5H2,(H2,12,13). The van der Waals surface area contributed by atoms with Gasteiger partial charge in [0.05, 0.1) is 0 Å². The Bertz CT molecular complexity index is 329. The molecular weight excluding hydrogens is 162 g/mol. The fourth-order valence-electron chi connectivity index (χ4n) is 1.80. The second-order valence-corrected chi connectivity index (χ2v) is 3.58. The van der Waals surface area contributed by atoms with Gasteiger partial charge in [0.15, 0.2) is 0 Å². The third kappa shape index (κ3) is 1.44. The molecule has 2 nitrogen and oxygen atoms in total. The molecule has 1 saturated carbocycles. The van der Waals surface area contributed by atoms with Gasteiger partial charge in [-0.3, -0.25) is 4.79 Å². The van der Waals surface area contributed by atoms with Gasteiger partial charge in [-0.25, -0.2) is 0 Å². The van der Waals surface area contributed by atoms with Crippen LogP contribution in [0.15, 0.2) is 24.3 Å². The number of amides is 1. The van der Waals surface area contributed by atoms with Crippen molar-refractivity contribution < 1.29 is 4.79 Å². The molecule has 1 aromatic carbocycles. The first-order valence-electron chi connectivity index (χ1n) is 4.68. The van der Waals surface area contributed by atoms with E-state index in [4.69, 9.17) is 5.73 Å². The lowest BCUT2D eigenvalue weighted by atomic mass is 9.78. The van der Waals surface area contributed by atoms with Gasteiger partial charge in [-0.05, 0) is 30.4 Å². The van der Waals surface area contributed by atoms with E-state index in [1.54, 1.807) is 0 Å². The lowest BCUT2D eigenvalue weighted by Gasteiger charge is -2.27. The number of carbonyl (C=O) groups is 1. The molecule has 0 atom stereocenters. The first kappa shape index (κ1) is 8.30. The van der Waals surface area contributed by atoms with E-state index < -0.39 is 0 Å². The molecule has 0 saturated heterocycles. The summed E-state index contributed by atoms with van der Waals surface area (Å²) in [6.07, 6.45) is 3.67. The van der Waals surface area contributed by atoms with Crippen molar-refractivity contribution in [3.05, 3.63) is 35.4 Å². The highest BCUT2D eigenvalue weighted by atomic mass is 16.1. The summed E-state index contributed by atoms with van der Waals surface area (Å²) in [7, 11) is 0. The monoisotopic (exact) mass is 175 g/mol. The van der Waals surface area contributed by atoms with Gasteiger partial charge >= 0.3 is 0 Å². The molecule has 2 N–H and O–H groups in total. The van der Waals surface area contributed by atoms with Crippen LogP contribution in [0.5, 0.6) is 0 Å². The van der Waals surface area contributed by atoms with E-state index in [-0.39, 0.29) is 5.91 Å². The average Bonchev–Trinajstić information content (AvgIpc) is 2.02. The Labute approximate surface area is 77.8 Å². The van der Waals surface area contributed by atoms with E-state index in [0.29, 0.717) is 11.5 Å². The molecule has 68 valence electrons. The zero-order valence-electron chi connectivity index (χ0n) is 7.49. The summed E-state index contributed by atoms with van der Waals surface area (Å²) in [5, 5.41) is 0. The van der Waals surface area contributed by atoms with Crippen LogP contribution in [0.1, 0.15) is 41.1 Å². The number of nitrogens with two attached hydrogens (primary N) is 1. The number of carbonyl (C=O) groups excluding carboxylic acids is 1. The van der Waals surface area contributed by atoms with Crippen molar-refractivity contribution in [2.24, 2.45) is 5.73 Å². The van der Waals surface area contributed by atoms with Gasteiger partial charge in [0.25, 0.3) is 0 Å². The van der Waals surface area contributed by atoms with Gasteiger partial charge in [-0.2, -0.15) is 0 Å². The summed E-state index contributed by atoms with van der Waals surface area (Å²) >= 11 is 0. The van der Waals surface area contributed by atoms with Crippen LogP contribution >= 0.6 is 0 Å². The molecule has 1 aliphatic carbocycles. The van der Waals surface area contributed by atoms with Gasteiger partial charge < -0.3 is 5.73 Å². The zero-order chi connectivity index (χ0) is 9.26. The van der Waals surface area contributed by atoms with E-state index in [1.807, 2.05) is 24.3 Å². The Morgan fingerprint density at radius 3 is 2.54 bits per heavy atom. The Kier molecular flexibility index (Phi) is 2.05. The molecule has 0 aromatic heterocycles. The van der Waals surface area contributed by atoms with Crippen LogP contribution in [-0.4, -0.2) is 5.91 Å². The van der Waals surface area contributed by atoms with Crippen molar-refractivity contribution in [2.75, 3.05) is 0 Å². The summed E-state index contributed by atoms with van der Waals surface area (Å²) in [6.45, 7) is 0. The molecule has 0 bridgehead atoms. The van der Waals surface area contributed by atoms with Gasteiger partial charge in [0.1, 0.15) is 0 Å². The molecule has 0 heterocycles. The summed E-state index contributed by atoms with van der Waals surface area (Å²) < 4.78 is 0. The third-order valence-corrected chi connectivity index (χ3v) is 2.77. The van der Waals surface area contributed by atoms with Crippen LogP contribution in [-0.2, 0) is 0 Å². The minimum atomic E-state index is -0.303. The highest BCUT2D eigenvalue weighted by Crippen LogP contribution is 2.37. The fourth-order valence-corrected chi connectivity index (χ4v) is 1.80. The van der Waals surface area contributed by atoms with Crippen molar-refractivity contribution in [3.8, 4) is 0 Å². The Balaban J connectivity index is 2.36. The van der Waals surface area contributed by atoms with Crippen molar-refractivity contribution in [1.29, 1.82) is 0 Å². The fraction of sp³-hybridized carbons (Fsp3) is 0.364. The highest BCUT2D eigenvalue weighted by molar-refractivity contribution is 5.94. The molecule has 0 spiro atoms. The smallest absolute Gasteiger partial charge is 0.248 e. The topological polar surface area (TPSA) is 43.1 Å². The van der Waals surface area contributed by atoms with Crippen molar-refractivity contribution >= 4 is 5.91 Å². The maximum absolute atomic E-state index is 11.1. The largest absolute Gasteiger partial charge is 0.366 e. The minimum absolute atomic E-state index is 0.303. The van der Waals surface area contributed by atoms with E-state index in [1.165, 1.54) is 19.3 Å².